The summed E-state index contributed by atoms with van der Waals surface area (Å²) in [6.45, 7) is 2.46. The molecular formula is C23H23FN2O4. The van der Waals surface area contributed by atoms with E-state index in [0.717, 1.165) is 11.3 Å². The maximum atomic E-state index is 13.2. The quantitative estimate of drug-likeness (QED) is 0.364. The Bertz CT molecular complexity index is 977. The Kier molecular flexibility index (Phi) is 6.98. The first-order valence-electron chi connectivity index (χ1n) is 9.63. The number of anilines is 1. The largest absolute Gasteiger partial charge is 0.494 e. The second-order valence-corrected chi connectivity index (χ2v) is 6.81. The third kappa shape index (κ3) is 5.55. The van der Waals surface area contributed by atoms with Crippen LogP contribution in [0.3, 0.4) is 0 Å². The highest BCUT2D eigenvalue weighted by Crippen LogP contribution is 2.31. The zero-order valence-corrected chi connectivity index (χ0v) is 16.5. The highest BCUT2D eigenvalue weighted by Gasteiger charge is 2.19. The molecule has 0 aromatic heterocycles. The van der Waals surface area contributed by atoms with E-state index in [1.165, 1.54) is 24.3 Å². The standard InChI is InChI=1S/C23H23FN2O4/c1-2-30-21-12-8-16(9-13-21)22(15-23(27)17-6-10-18(24)11-7-17)25-19-4-3-5-20(14-19)26(28)29/h3-14,22-23,25,27H,2,15H2,1H3. The summed E-state index contributed by atoms with van der Waals surface area (Å²) in [5.74, 6) is 0.359. The van der Waals surface area contributed by atoms with Gasteiger partial charge < -0.3 is 15.2 Å². The van der Waals surface area contributed by atoms with E-state index in [1.807, 2.05) is 31.2 Å². The molecule has 0 saturated carbocycles. The van der Waals surface area contributed by atoms with Crippen molar-refractivity contribution in [1.29, 1.82) is 0 Å². The van der Waals surface area contributed by atoms with Crippen molar-refractivity contribution in [3.8, 4) is 5.75 Å². The molecule has 0 fully saturated rings. The van der Waals surface area contributed by atoms with Crippen LogP contribution in [0.2, 0.25) is 0 Å². The number of halogens is 1. The highest BCUT2D eigenvalue weighted by atomic mass is 19.1. The van der Waals surface area contributed by atoms with Gasteiger partial charge in [-0.05, 0) is 48.4 Å². The molecule has 0 bridgehead atoms. The third-order valence-electron chi connectivity index (χ3n) is 4.71. The van der Waals surface area contributed by atoms with E-state index in [9.17, 15) is 19.6 Å². The summed E-state index contributed by atoms with van der Waals surface area (Å²) in [7, 11) is 0. The number of aliphatic hydroxyl groups is 1. The normalized spacial score (nSPS) is 12.8. The topological polar surface area (TPSA) is 84.6 Å². The maximum Gasteiger partial charge on any atom is 0.271 e. The molecule has 0 amide bonds. The monoisotopic (exact) mass is 410 g/mol. The first-order chi connectivity index (χ1) is 14.5. The summed E-state index contributed by atoms with van der Waals surface area (Å²) in [6, 6.07) is 19.0. The smallest absolute Gasteiger partial charge is 0.271 e. The van der Waals surface area contributed by atoms with Gasteiger partial charge in [0.15, 0.2) is 0 Å². The van der Waals surface area contributed by atoms with E-state index in [1.54, 1.807) is 24.3 Å². The number of ether oxygens (including phenoxy) is 1. The summed E-state index contributed by atoms with van der Waals surface area (Å²) in [4.78, 5) is 10.6. The molecule has 0 aliphatic heterocycles. The van der Waals surface area contributed by atoms with Crippen LogP contribution in [0.4, 0.5) is 15.8 Å². The van der Waals surface area contributed by atoms with Gasteiger partial charge >= 0.3 is 0 Å². The van der Waals surface area contributed by atoms with Crippen LogP contribution >= 0.6 is 0 Å². The molecule has 2 N–H and O–H groups in total. The molecule has 30 heavy (non-hydrogen) atoms. The summed E-state index contributed by atoms with van der Waals surface area (Å²) < 4.78 is 18.7. The predicted molar refractivity (Wildman–Crippen MR) is 113 cm³/mol. The number of hydrogen-bond acceptors (Lipinski definition) is 5. The number of nitrogens with zero attached hydrogens (tertiary/aromatic N) is 1. The average Bonchev–Trinajstić information content (AvgIpc) is 2.74. The van der Waals surface area contributed by atoms with Crippen LogP contribution in [0.15, 0.2) is 72.8 Å². The minimum Gasteiger partial charge on any atom is -0.494 e. The molecule has 0 radical (unpaired) electrons. The highest BCUT2D eigenvalue weighted by molar-refractivity contribution is 5.52. The molecule has 0 saturated heterocycles. The fraction of sp³-hybridized carbons (Fsp3) is 0.217. The van der Waals surface area contributed by atoms with Gasteiger partial charge in [0.2, 0.25) is 0 Å². The molecule has 6 nitrogen and oxygen atoms in total. The maximum absolute atomic E-state index is 13.2. The van der Waals surface area contributed by atoms with Gasteiger partial charge in [0.05, 0.1) is 23.7 Å². The van der Waals surface area contributed by atoms with Crippen molar-refractivity contribution in [2.75, 3.05) is 11.9 Å². The Morgan fingerprint density at radius 1 is 1.07 bits per heavy atom. The number of non-ortho nitro benzene ring substituents is 1. The molecule has 0 aliphatic carbocycles. The van der Waals surface area contributed by atoms with Crippen LogP contribution in [0.5, 0.6) is 5.75 Å². The van der Waals surface area contributed by atoms with E-state index in [4.69, 9.17) is 4.74 Å². The van der Waals surface area contributed by atoms with Gasteiger partial charge in [-0.2, -0.15) is 0 Å². The van der Waals surface area contributed by atoms with Crippen LogP contribution in [0, 0.1) is 15.9 Å². The summed E-state index contributed by atoms with van der Waals surface area (Å²) >= 11 is 0. The fourth-order valence-electron chi connectivity index (χ4n) is 3.20. The van der Waals surface area contributed by atoms with E-state index < -0.39 is 11.0 Å². The molecule has 3 rings (SSSR count). The van der Waals surface area contributed by atoms with Crippen LogP contribution < -0.4 is 10.1 Å². The minimum absolute atomic E-state index is 0.0236. The molecule has 156 valence electrons. The molecule has 3 aromatic rings. The Morgan fingerprint density at radius 2 is 1.73 bits per heavy atom. The third-order valence-corrected chi connectivity index (χ3v) is 4.71. The Balaban J connectivity index is 1.86. The molecule has 0 heterocycles. The van der Waals surface area contributed by atoms with Crippen LogP contribution in [0.1, 0.15) is 36.6 Å². The number of nitro groups is 1. The van der Waals surface area contributed by atoms with Gasteiger partial charge in [-0.3, -0.25) is 10.1 Å². The lowest BCUT2D eigenvalue weighted by molar-refractivity contribution is -0.384. The van der Waals surface area contributed by atoms with Crippen LogP contribution in [-0.4, -0.2) is 16.6 Å². The van der Waals surface area contributed by atoms with Crippen molar-refractivity contribution < 1.29 is 19.2 Å². The van der Waals surface area contributed by atoms with Crippen molar-refractivity contribution >= 4 is 11.4 Å². The van der Waals surface area contributed by atoms with Crippen LogP contribution in [-0.2, 0) is 0 Å². The van der Waals surface area contributed by atoms with E-state index in [2.05, 4.69) is 5.32 Å². The van der Waals surface area contributed by atoms with Crippen molar-refractivity contribution in [1.82, 2.24) is 0 Å². The van der Waals surface area contributed by atoms with Gasteiger partial charge in [-0.15, -0.1) is 0 Å². The molecule has 2 atom stereocenters. The van der Waals surface area contributed by atoms with Gasteiger partial charge in [0.1, 0.15) is 11.6 Å². The number of nitro benzene ring substituents is 1. The van der Waals surface area contributed by atoms with E-state index in [0.29, 0.717) is 17.9 Å². The second-order valence-electron chi connectivity index (χ2n) is 6.81. The summed E-state index contributed by atoms with van der Waals surface area (Å²) in [5, 5.41) is 25.1. The zero-order chi connectivity index (χ0) is 21.5. The van der Waals surface area contributed by atoms with Crippen molar-refractivity contribution in [2.24, 2.45) is 0 Å². The zero-order valence-electron chi connectivity index (χ0n) is 16.5. The fourth-order valence-corrected chi connectivity index (χ4v) is 3.20. The van der Waals surface area contributed by atoms with Crippen molar-refractivity contribution in [3.63, 3.8) is 0 Å². The number of benzene rings is 3. The molecule has 0 aliphatic rings. The number of aliphatic hydroxyl groups excluding tert-OH is 1. The number of rotatable bonds is 9. The molecular weight excluding hydrogens is 387 g/mol. The predicted octanol–water partition coefficient (Wildman–Crippen LogP) is 5.41. The van der Waals surface area contributed by atoms with Gasteiger partial charge in [-0.1, -0.05) is 30.3 Å². The Labute approximate surface area is 174 Å². The lowest BCUT2D eigenvalue weighted by atomic mass is 9.96. The minimum atomic E-state index is -0.853. The molecule has 0 spiro atoms. The number of hydrogen-bond donors (Lipinski definition) is 2. The number of nitrogens with one attached hydrogen (secondary N) is 1. The van der Waals surface area contributed by atoms with E-state index >= 15 is 0 Å². The molecule has 7 heteroatoms. The summed E-state index contributed by atoms with van der Waals surface area (Å²) in [5.41, 5.74) is 2.01. The summed E-state index contributed by atoms with van der Waals surface area (Å²) in [6.07, 6.45) is -0.573. The van der Waals surface area contributed by atoms with Gasteiger partial charge in [-0.25, -0.2) is 4.39 Å². The van der Waals surface area contributed by atoms with Crippen molar-refractivity contribution in [3.05, 3.63) is 99.9 Å². The van der Waals surface area contributed by atoms with Crippen LogP contribution in [0.25, 0.3) is 0 Å². The van der Waals surface area contributed by atoms with Gasteiger partial charge in [0, 0.05) is 24.2 Å². The molecule has 3 aromatic carbocycles. The Morgan fingerprint density at radius 3 is 2.37 bits per heavy atom. The first kappa shape index (κ1) is 21.3. The lowest BCUT2D eigenvalue weighted by Gasteiger charge is -2.24. The second kappa shape index (κ2) is 9.84. The average molecular weight is 410 g/mol. The molecule has 2 unspecified atom stereocenters. The van der Waals surface area contributed by atoms with Crippen molar-refractivity contribution in [2.45, 2.75) is 25.5 Å². The van der Waals surface area contributed by atoms with E-state index in [-0.39, 0.29) is 24.0 Å². The Hall–Kier alpha value is -3.45. The van der Waals surface area contributed by atoms with Gasteiger partial charge in [0.25, 0.3) is 5.69 Å². The SMILES string of the molecule is CCOc1ccc(C(CC(O)c2ccc(F)cc2)Nc2cccc([N+](=O)[O-])c2)cc1. The lowest BCUT2D eigenvalue weighted by Crippen LogP contribution is -2.15. The first-order valence-corrected chi connectivity index (χ1v) is 9.63.